The summed E-state index contributed by atoms with van der Waals surface area (Å²) in [5, 5.41) is 8.65. The van der Waals surface area contributed by atoms with Gasteiger partial charge in [0.2, 0.25) is 0 Å². The van der Waals surface area contributed by atoms with Crippen LogP contribution >= 0.6 is 0 Å². The fourth-order valence-corrected chi connectivity index (χ4v) is 1.07. The van der Waals surface area contributed by atoms with E-state index in [1.165, 1.54) is 0 Å². The van der Waals surface area contributed by atoms with Crippen molar-refractivity contribution in [1.29, 1.82) is 0 Å². The van der Waals surface area contributed by atoms with Crippen molar-refractivity contribution >= 4 is 0 Å². The summed E-state index contributed by atoms with van der Waals surface area (Å²) >= 11 is 0. The van der Waals surface area contributed by atoms with Gasteiger partial charge in [0.05, 0.1) is 12.7 Å². The molecule has 1 N–H and O–H groups in total. The molecule has 0 aliphatic carbocycles. The van der Waals surface area contributed by atoms with Gasteiger partial charge in [0.1, 0.15) is 17.4 Å². The van der Waals surface area contributed by atoms with Crippen LogP contribution in [-0.2, 0) is 6.61 Å². The van der Waals surface area contributed by atoms with Crippen LogP contribution in [0.1, 0.15) is 19.4 Å². The zero-order valence-corrected chi connectivity index (χ0v) is 8.05. The van der Waals surface area contributed by atoms with Crippen molar-refractivity contribution in [3.63, 3.8) is 0 Å². The molecule has 4 heteroatoms. The van der Waals surface area contributed by atoms with Crippen LogP contribution in [0.15, 0.2) is 12.1 Å². The van der Waals surface area contributed by atoms with Gasteiger partial charge < -0.3 is 9.84 Å². The van der Waals surface area contributed by atoms with Gasteiger partial charge in [-0.2, -0.15) is 0 Å². The molecule has 78 valence electrons. The zero-order chi connectivity index (χ0) is 10.7. The van der Waals surface area contributed by atoms with E-state index in [0.29, 0.717) is 0 Å². The summed E-state index contributed by atoms with van der Waals surface area (Å²) in [6.07, 6.45) is -0.145. The second-order valence-corrected chi connectivity index (χ2v) is 3.19. The van der Waals surface area contributed by atoms with Gasteiger partial charge in [-0.05, 0) is 13.8 Å². The molecule has 14 heavy (non-hydrogen) atoms. The molecule has 0 bridgehead atoms. The van der Waals surface area contributed by atoms with Crippen molar-refractivity contribution in [3.8, 4) is 5.75 Å². The first kappa shape index (κ1) is 10.9. The molecule has 1 aromatic carbocycles. The molecule has 2 nitrogen and oxygen atoms in total. The maximum atomic E-state index is 13.1. The van der Waals surface area contributed by atoms with E-state index < -0.39 is 18.2 Å². The first-order valence-corrected chi connectivity index (χ1v) is 4.30. The Kier molecular flexibility index (Phi) is 3.41. The van der Waals surface area contributed by atoms with Crippen molar-refractivity contribution in [3.05, 3.63) is 29.3 Å². The van der Waals surface area contributed by atoms with Crippen molar-refractivity contribution in [1.82, 2.24) is 0 Å². The molecule has 0 radical (unpaired) electrons. The quantitative estimate of drug-likeness (QED) is 0.814. The number of halogens is 2. The molecule has 0 fully saturated rings. The van der Waals surface area contributed by atoms with Crippen LogP contribution in [0.4, 0.5) is 8.78 Å². The Hall–Kier alpha value is -1.16. The highest BCUT2D eigenvalue weighted by atomic mass is 19.1. The molecule has 1 rings (SSSR count). The van der Waals surface area contributed by atoms with Gasteiger partial charge >= 0.3 is 0 Å². The second-order valence-electron chi connectivity index (χ2n) is 3.19. The molecule has 0 unspecified atom stereocenters. The molecule has 0 amide bonds. The Morgan fingerprint density at radius 3 is 2.14 bits per heavy atom. The van der Waals surface area contributed by atoms with Crippen molar-refractivity contribution in [2.45, 2.75) is 26.6 Å². The Balaban J connectivity index is 3.01. The summed E-state index contributed by atoms with van der Waals surface area (Å²) in [7, 11) is 0. The van der Waals surface area contributed by atoms with Gasteiger partial charge in [-0.15, -0.1) is 0 Å². The molecule has 0 saturated heterocycles. The van der Waals surface area contributed by atoms with E-state index in [1.807, 2.05) is 0 Å². The molecular weight excluding hydrogens is 190 g/mol. The smallest absolute Gasteiger partial charge is 0.135 e. The summed E-state index contributed by atoms with van der Waals surface area (Å²) < 4.78 is 31.3. The Morgan fingerprint density at radius 1 is 1.29 bits per heavy atom. The third kappa shape index (κ3) is 2.42. The van der Waals surface area contributed by atoms with Crippen LogP contribution in [0.5, 0.6) is 5.75 Å². The lowest BCUT2D eigenvalue weighted by atomic mass is 10.2. The minimum absolute atomic E-state index is 0.132. The number of aliphatic hydroxyl groups is 1. The molecule has 0 spiro atoms. The van der Waals surface area contributed by atoms with E-state index in [1.54, 1.807) is 13.8 Å². The summed E-state index contributed by atoms with van der Waals surface area (Å²) in [4.78, 5) is 0. The Morgan fingerprint density at radius 2 is 1.79 bits per heavy atom. The summed E-state index contributed by atoms with van der Waals surface area (Å²) in [5.41, 5.74) is -0.332. The molecule has 0 aliphatic heterocycles. The van der Waals surface area contributed by atoms with Gasteiger partial charge in [-0.3, -0.25) is 0 Å². The topological polar surface area (TPSA) is 29.5 Å². The largest absolute Gasteiger partial charge is 0.491 e. The first-order valence-electron chi connectivity index (χ1n) is 4.30. The van der Waals surface area contributed by atoms with E-state index in [2.05, 4.69) is 0 Å². The van der Waals surface area contributed by atoms with E-state index in [4.69, 9.17) is 9.84 Å². The van der Waals surface area contributed by atoms with Crippen LogP contribution in [-0.4, -0.2) is 11.2 Å². The predicted octanol–water partition coefficient (Wildman–Crippen LogP) is 2.24. The molecule has 0 aliphatic rings. The number of hydrogen-bond acceptors (Lipinski definition) is 2. The van der Waals surface area contributed by atoms with E-state index >= 15 is 0 Å². The second kappa shape index (κ2) is 4.37. The number of hydrogen-bond donors (Lipinski definition) is 1. The average Bonchev–Trinajstić information content (AvgIpc) is 2.01. The molecular formula is C10H12F2O2. The van der Waals surface area contributed by atoms with E-state index in [0.717, 1.165) is 12.1 Å². The monoisotopic (exact) mass is 202 g/mol. The van der Waals surface area contributed by atoms with Gasteiger partial charge in [0.25, 0.3) is 0 Å². The summed E-state index contributed by atoms with van der Waals surface area (Å²) in [5.74, 6) is -1.45. The maximum absolute atomic E-state index is 13.1. The normalized spacial score (nSPS) is 10.7. The van der Waals surface area contributed by atoms with Gasteiger partial charge in [0, 0.05) is 17.7 Å². The highest BCUT2D eigenvalue weighted by Crippen LogP contribution is 2.21. The Labute approximate surface area is 81.1 Å². The van der Waals surface area contributed by atoms with E-state index in [-0.39, 0.29) is 17.4 Å². The number of rotatable bonds is 3. The lowest BCUT2D eigenvalue weighted by Crippen LogP contribution is -2.07. The van der Waals surface area contributed by atoms with Gasteiger partial charge in [-0.25, -0.2) is 8.78 Å². The maximum Gasteiger partial charge on any atom is 0.135 e. The lowest BCUT2D eigenvalue weighted by Gasteiger charge is -2.11. The predicted molar refractivity (Wildman–Crippen MR) is 48.0 cm³/mol. The molecule has 1 aromatic rings. The average molecular weight is 202 g/mol. The lowest BCUT2D eigenvalue weighted by molar-refractivity contribution is 0.237. The van der Waals surface area contributed by atoms with Crippen molar-refractivity contribution in [2.75, 3.05) is 0 Å². The number of benzene rings is 1. The Bertz CT molecular complexity index is 301. The third-order valence-corrected chi connectivity index (χ3v) is 1.64. The van der Waals surface area contributed by atoms with Crippen LogP contribution in [0, 0.1) is 11.6 Å². The summed E-state index contributed by atoms with van der Waals surface area (Å²) in [6.45, 7) is 2.87. The highest BCUT2D eigenvalue weighted by Gasteiger charge is 2.11. The van der Waals surface area contributed by atoms with Crippen molar-refractivity contribution in [2.24, 2.45) is 0 Å². The highest BCUT2D eigenvalue weighted by molar-refractivity contribution is 5.30. The molecule has 0 heterocycles. The van der Waals surface area contributed by atoms with E-state index in [9.17, 15) is 8.78 Å². The van der Waals surface area contributed by atoms with Crippen LogP contribution in [0.25, 0.3) is 0 Å². The SMILES string of the molecule is CC(C)Oc1cc(F)c(CO)c(F)c1. The third-order valence-electron chi connectivity index (χ3n) is 1.64. The van der Waals surface area contributed by atoms with Crippen LogP contribution in [0.3, 0.4) is 0 Å². The fourth-order valence-electron chi connectivity index (χ4n) is 1.07. The minimum Gasteiger partial charge on any atom is -0.491 e. The molecule has 0 saturated carbocycles. The van der Waals surface area contributed by atoms with Crippen molar-refractivity contribution < 1.29 is 18.6 Å². The number of aliphatic hydroxyl groups excluding tert-OH is 1. The van der Waals surface area contributed by atoms with Crippen LogP contribution < -0.4 is 4.74 Å². The van der Waals surface area contributed by atoms with Gasteiger partial charge in [-0.1, -0.05) is 0 Å². The van der Waals surface area contributed by atoms with Crippen LogP contribution in [0.2, 0.25) is 0 Å². The first-order chi connectivity index (χ1) is 6.54. The fraction of sp³-hybridized carbons (Fsp3) is 0.400. The standard InChI is InChI=1S/C10H12F2O2/c1-6(2)14-7-3-9(11)8(5-13)10(12)4-7/h3-4,6,13H,5H2,1-2H3. The molecule has 0 atom stereocenters. The molecule has 0 aromatic heterocycles. The minimum atomic E-state index is -0.789. The summed E-state index contributed by atoms with van der Waals surface area (Å²) in [6, 6.07) is 2.13. The number of ether oxygens (including phenoxy) is 1. The zero-order valence-electron chi connectivity index (χ0n) is 8.05. The van der Waals surface area contributed by atoms with Gasteiger partial charge in [0.15, 0.2) is 0 Å².